The number of nitrogens with one attached hydrogen (secondary N) is 1. The van der Waals surface area contributed by atoms with Gasteiger partial charge < -0.3 is 14.7 Å². The van der Waals surface area contributed by atoms with Gasteiger partial charge in [0.05, 0.1) is 0 Å². The molecule has 1 N–H and O–H groups in total. The van der Waals surface area contributed by atoms with Gasteiger partial charge in [-0.25, -0.2) is 9.79 Å². The first-order valence-electron chi connectivity index (χ1n) is 11.4. The Bertz CT molecular complexity index is 848. The number of aliphatic imine (C=N–C) groups is 1. The van der Waals surface area contributed by atoms with Gasteiger partial charge in [-0.1, -0.05) is 44.0 Å². The molecule has 1 aromatic carbocycles. The summed E-state index contributed by atoms with van der Waals surface area (Å²) in [6.07, 6.45) is 2.80. The summed E-state index contributed by atoms with van der Waals surface area (Å²) in [6, 6.07) is 7.75. The van der Waals surface area contributed by atoms with Crippen LogP contribution in [0, 0.1) is 6.92 Å². The maximum atomic E-state index is 12.7. The molecular formula is C23H34N6O2. The van der Waals surface area contributed by atoms with Gasteiger partial charge in [-0.05, 0) is 24.5 Å². The second kappa shape index (κ2) is 9.26. The SMILES string of the molecule is CCCCCN1C(N2CCN(Cc3ccccc3C)CC2)=NC2C1C(=O)NC(=O)N2C. The van der Waals surface area contributed by atoms with Crippen molar-refractivity contribution in [3.8, 4) is 0 Å². The molecule has 2 saturated heterocycles. The highest BCUT2D eigenvalue weighted by molar-refractivity contribution is 6.03. The summed E-state index contributed by atoms with van der Waals surface area (Å²) < 4.78 is 0. The number of guanidine groups is 1. The molecule has 8 heteroatoms. The molecule has 0 saturated carbocycles. The number of fused-ring (bicyclic) bond motifs is 1. The van der Waals surface area contributed by atoms with E-state index in [1.165, 1.54) is 11.1 Å². The number of unbranched alkanes of at least 4 members (excludes halogenated alkanes) is 2. The standard InChI is InChI=1S/C23H34N6O2/c1-4-5-8-11-29-19-20(26(3)23(31)25-21(19)30)24-22(29)28-14-12-27(13-15-28)16-18-10-7-6-9-17(18)2/h6-7,9-10,19-20H,4-5,8,11-16H2,1-3H3,(H,25,30,31). The lowest BCUT2D eigenvalue weighted by atomic mass is 10.1. The Kier molecular flexibility index (Phi) is 6.46. The monoisotopic (exact) mass is 426 g/mol. The number of hydrogen-bond donors (Lipinski definition) is 1. The van der Waals surface area contributed by atoms with Crippen molar-refractivity contribution in [3.63, 3.8) is 0 Å². The number of aryl methyl sites for hydroxylation is 1. The van der Waals surface area contributed by atoms with Crippen molar-refractivity contribution in [2.24, 2.45) is 4.99 Å². The number of imide groups is 1. The topological polar surface area (TPSA) is 71.5 Å². The Labute approximate surface area is 184 Å². The fourth-order valence-corrected chi connectivity index (χ4v) is 4.68. The van der Waals surface area contributed by atoms with Crippen LogP contribution in [0.2, 0.25) is 0 Å². The summed E-state index contributed by atoms with van der Waals surface area (Å²) >= 11 is 0. The van der Waals surface area contributed by atoms with Crippen molar-refractivity contribution < 1.29 is 9.59 Å². The molecule has 0 radical (unpaired) electrons. The molecule has 0 bridgehead atoms. The van der Waals surface area contributed by atoms with Crippen molar-refractivity contribution in [1.29, 1.82) is 0 Å². The lowest BCUT2D eigenvalue weighted by Gasteiger charge is -2.40. The van der Waals surface area contributed by atoms with Gasteiger partial charge in [0.2, 0.25) is 0 Å². The van der Waals surface area contributed by atoms with E-state index in [-0.39, 0.29) is 11.9 Å². The first kappa shape index (κ1) is 21.6. The summed E-state index contributed by atoms with van der Waals surface area (Å²) in [7, 11) is 1.72. The molecule has 3 aliphatic heterocycles. The number of amides is 3. The molecule has 4 rings (SSSR count). The number of piperazine rings is 1. The number of carbonyl (C=O) groups excluding carboxylic acids is 2. The molecule has 168 valence electrons. The van der Waals surface area contributed by atoms with Crippen LogP contribution in [-0.2, 0) is 11.3 Å². The smallest absolute Gasteiger partial charge is 0.325 e. The Balaban J connectivity index is 1.46. The summed E-state index contributed by atoms with van der Waals surface area (Å²) in [5.74, 6) is 0.639. The van der Waals surface area contributed by atoms with Crippen molar-refractivity contribution in [3.05, 3.63) is 35.4 Å². The van der Waals surface area contributed by atoms with Gasteiger partial charge in [0.25, 0.3) is 5.91 Å². The molecule has 0 aromatic heterocycles. The zero-order chi connectivity index (χ0) is 22.0. The first-order chi connectivity index (χ1) is 15.0. The number of likely N-dealkylation sites (N-methyl/N-ethyl adjacent to an activating group) is 1. The third-order valence-corrected chi connectivity index (χ3v) is 6.65. The number of hydrogen-bond acceptors (Lipinski definition) is 6. The third kappa shape index (κ3) is 4.39. The molecule has 2 atom stereocenters. The van der Waals surface area contributed by atoms with Gasteiger partial charge >= 0.3 is 6.03 Å². The summed E-state index contributed by atoms with van der Waals surface area (Å²) in [4.78, 5) is 38.2. The van der Waals surface area contributed by atoms with Crippen LogP contribution in [-0.4, -0.2) is 89.5 Å². The van der Waals surface area contributed by atoms with Crippen LogP contribution in [0.4, 0.5) is 4.79 Å². The fraction of sp³-hybridized carbons (Fsp3) is 0.609. The minimum atomic E-state index is -0.442. The lowest BCUT2D eigenvalue weighted by Crippen LogP contribution is -2.64. The van der Waals surface area contributed by atoms with Crippen molar-refractivity contribution >= 4 is 17.9 Å². The Morgan fingerprint density at radius 1 is 1.10 bits per heavy atom. The first-order valence-corrected chi connectivity index (χ1v) is 11.4. The van der Waals surface area contributed by atoms with E-state index in [1.54, 1.807) is 11.9 Å². The van der Waals surface area contributed by atoms with E-state index < -0.39 is 12.2 Å². The van der Waals surface area contributed by atoms with Crippen molar-refractivity contribution in [1.82, 2.24) is 24.9 Å². The zero-order valence-electron chi connectivity index (χ0n) is 18.9. The van der Waals surface area contributed by atoms with Gasteiger partial charge in [-0.3, -0.25) is 15.0 Å². The Morgan fingerprint density at radius 2 is 1.84 bits per heavy atom. The number of benzene rings is 1. The number of rotatable bonds is 6. The summed E-state index contributed by atoms with van der Waals surface area (Å²) in [6.45, 7) is 9.72. The number of urea groups is 1. The molecule has 2 unspecified atom stereocenters. The normalized spacial score (nSPS) is 24.4. The molecule has 3 amide bonds. The average molecular weight is 427 g/mol. The van der Waals surface area contributed by atoms with Crippen LogP contribution in [0.5, 0.6) is 0 Å². The van der Waals surface area contributed by atoms with Crippen LogP contribution in [0.1, 0.15) is 37.3 Å². The number of nitrogens with zero attached hydrogens (tertiary/aromatic N) is 5. The lowest BCUT2D eigenvalue weighted by molar-refractivity contribution is -0.127. The van der Waals surface area contributed by atoms with Crippen LogP contribution in [0.25, 0.3) is 0 Å². The largest absolute Gasteiger partial charge is 0.340 e. The summed E-state index contributed by atoms with van der Waals surface area (Å²) in [5.41, 5.74) is 2.70. The molecular weight excluding hydrogens is 392 g/mol. The molecule has 1 aromatic rings. The van der Waals surface area contributed by atoms with Crippen LogP contribution in [0.3, 0.4) is 0 Å². The highest BCUT2D eigenvalue weighted by Gasteiger charge is 2.49. The van der Waals surface area contributed by atoms with E-state index in [4.69, 9.17) is 4.99 Å². The minimum Gasteiger partial charge on any atom is -0.340 e. The molecule has 8 nitrogen and oxygen atoms in total. The fourth-order valence-electron chi connectivity index (χ4n) is 4.68. The average Bonchev–Trinajstić information content (AvgIpc) is 3.15. The van der Waals surface area contributed by atoms with E-state index in [0.717, 1.165) is 64.5 Å². The zero-order valence-corrected chi connectivity index (χ0v) is 18.9. The Hall–Kier alpha value is -2.61. The van der Waals surface area contributed by atoms with Crippen molar-refractivity contribution in [2.45, 2.75) is 51.9 Å². The quantitative estimate of drug-likeness (QED) is 0.703. The van der Waals surface area contributed by atoms with Gasteiger partial charge in [0.1, 0.15) is 0 Å². The molecule has 31 heavy (non-hydrogen) atoms. The maximum absolute atomic E-state index is 12.7. The van der Waals surface area contributed by atoms with E-state index >= 15 is 0 Å². The Morgan fingerprint density at radius 3 is 2.55 bits per heavy atom. The second-order valence-electron chi connectivity index (χ2n) is 8.78. The second-order valence-corrected chi connectivity index (χ2v) is 8.78. The van der Waals surface area contributed by atoms with Crippen LogP contribution >= 0.6 is 0 Å². The van der Waals surface area contributed by atoms with Gasteiger partial charge in [-0.15, -0.1) is 0 Å². The van der Waals surface area contributed by atoms with Gasteiger partial charge in [-0.2, -0.15) is 0 Å². The number of carbonyl (C=O) groups is 2. The van der Waals surface area contributed by atoms with E-state index in [2.05, 4.69) is 58.1 Å². The van der Waals surface area contributed by atoms with Crippen LogP contribution in [0.15, 0.2) is 29.3 Å². The molecule has 2 fully saturated rings. The molecule has 3 heterocycles. The van der Waals surface area contributed by atoms with Gasteiger partial charge in [0, 0.05) is 46.3 Å². The highest BCUT2D eigenvalue weighted by Crippen LogP contribution is 2.26. The van der Waals surface area contributed by atoms with E-state index in [1.807, 2.05) is 0 Å². The molecule has 3 aliphatic rings. The summed E-state index contributed by atoms with van der Waals surface area (Å²) in [5, 5.41) is 2.49. The maximum Gasteiger partial charge on any atom is 0.325 e. The highest BCUT2D eigenvalue weighted by atomic mass is 16.2. The molecule has 0 spiro atoms. The van der Waals surface area contributed by atoms with Gasteiger partial charge in [0.15, 0.2) is 18.2 Å². The van der Waals surface area contributed by atoms with E-state index in [9.17, 15) is 9.59 Å². The predicted octanol–water partition coefficient (Wildman–Crippen LogP) is 1.85. The van der Waals surface area contributed by atoms with Crippen molar-refractivity contribution in [2.75, 3.05) is 39.8 Å². The third-order valence-electron chi connectivity index (χ3n) is 6.65. The predicted molar refractivity (Wildman–Crippen MR) is 121 cm³/mol. The minimum absolute atomic E-state index is 0.235. The molecule has 0 aliphatic carbocycles. The van der Waals surface area contributed by atoms with E-state index in [0.29, 0.717) is 0 Å². The van der Waals surface area contributed by atoms with Crippen LogP contribution < -0.4 is 5.32 Å².